The molecule has 1 aromatic heterocycles. The van der Waals surface area contributed by atoms with Gasteiger partial charge in [0.2, 0.25) is 0 Å². The fourth-order valence-electron chi connectivity index (χ4n) is 2.60. The van der Waals surface area contributed by atoms with Crippen LogP contribution in [0, 0.1) is 0 Å². The van der Waals surface area contributed by atoms with Crippen LogP contribution in [0.1, 0.15) is 23.5 Å². The average molecular weight is 243 g/mol. The summed E-state index contributed by atoms with van der Waals surface area (Å²) >= 11 is 1.81. The molecule has 0 N–H and O–H groups in total. The van der Waals surface area contributed by atoms with Crippen LogP contribution in [-0.2, 0) is 6.54 Å². The van der Waals surface area contributed by atoms with Crippen molar-refractivity contribution < 1.29 is 0 Å². The molecule has 1 fully saturated rings. The Labute approximate surface area is 107 Å². The van der Waals surface area contributed by atoms with Crippen molar-refractivity contribution in [3.63, 3.8) is 0 Å². The van der Waals surface area contributed by atoms with E-state index < -0.39 is 0 Å². The molecule has 2 aromatic rings. The number of hydrogen-bond acceptors (Lipinski definition) is 2. The lowest BCUT2D eigenvalue weighted by molar-refractivity contribution is 0.327. The molecule has 2 heterocycles. The predicted octanol–water partition coefficient (Wildman–Crippen LogP) is 3.74. The van der Waals surface area contributed by atoms with Gasteiger partial charge in [0, 0.05) is 13.1 Å². The van der Waals surface area contributed by atoms with Gasteiger partial charge in [0.05, 0.1) is 0 Å². The van der Waals surface area contributed by atoms with E-state index in [4.69, 9.17) is 0 Å². The Morgan fingerprint density at radius 3 is 2.82 bits per heavy atom. The third kappa shape index (κ3) is 2.59. The summed E-state index contributed by atoms with van der Waals surface area (Å²) in [6.07, 6.45) is 1.31. The lowest BCUT2D eigenvalue weighted by atomic mass is 10.0. The third-order valence-electron chi connectivity index (χ3n) is 3.54. The Hall–Kier alpha value is -1.12. The first-order chi connectivity index (χ1) is 8.42. The third-order valence-corrected chi connectivity index (χ3v) is 4.24. The van der Waals surface area contributed by atoms with Gasteiger partial charge in [-0.1, -0.05) is 30.3 Å². The first kappa shape index (κ1) is 11.0. The summed E-state index contributed by atoms with van der Waals surface area (Å²) < 4.78 is 0. The molecule has 17 heavy (non-hydrogen) atoms. The van der Waals surface area contributed by atoms with Crippen molar-refractivity contribution in [2.24, 2.45) is 0 Å². The number of benzene rings is 1. The lowest BCUT2D eigenvalue weighted by Crippen LogP contribution is -2.19. The van der Waals surface area contributed by atoms with Gasteiger partial charge in [-0.2, -0.15) is 11.3 Å². The summed E-state index contributed by atoms with van der Waals surface area (Å²) in [6.45, 7) is 3.54. The monoisotopic (exact) mass is 243 g/mol. The minimum absolute atomic E-state index is 0.755. The zero-order valence-corrected chi connectivity index (χ0v) is 10.7. The second kappa shape index (κ2) is 5.03. The number of hydrogen-bond donors (Lipinski definition) is 0. The maximum Gasteiger partial charge on any atom is 0.0233 e. The van der Waals surface area contributed by atoms with E-state index in [0.29, 0.717) is 0 Å². The van der Waals surface area contributed by atoms with E-state index in [1.807, 2.05) is 11.3 Å². The zero-order chi connectivity index (χ0) is 11.5. The summed E-state index contributed by atoms with van der Waals surface area (Å²) in [5.74, 6) is 0.755. The average Bonchev–Trinajstić information content (AvgIpc) is 3.00. The Kier molecular flexibility index (Phi) is 3.25. The fourth-order valence-corrected chi connectivity index (χ4v) is 3.34. The van der Waals surface area contributed by atoms with Crippen molar-refractivity contribution in [1.82, 2.24) is 4.90 Å². The smallest absolute Gasteiger partial charge is 0.0233 e. The normalized spacial score (nSPS) is 20.8. The molecule has 0 amide bonds. The van der Waals surface area contributed by atoms with Gasteiger partial charge in [-0.05, 0) is 46.8 Å². The molecule has 0 radical (unpaired) electrons. The highest BCUT2D eigenvalue weighted by molar-refractivity contribution is 7.07. The van der Waals surface area contributed by atoms with E-state index in [2.05, 4.69) is 52.1 Å². The van der Waals surface area contributed by atoms with Crippen molar-refractivity contribution in [2.75, 3.05) is 13.1 Å². The highest BCUT2D eigenvalue weighted by Gasteiger charge is 2.23. The van der Waals surface area contributed by atoms with Crippen molar-refractivity contribution in [2.45, 2.75) is 18.9 Å². The maximum absolute atomic E-state index is 2.57. The van der Waals surface area contributed by atoms with Crippen molar-refractivity contribution in [3.05, 3.63) is 58.3 Å². The standard InChI is InChI=1S/C15H17NS/c1-2-4-13(5-3-1)10-16-8-6-14(11-16)15-7-9-17-12-15/h1-5,7,9,12,14H,6,8,10-11H2. The van der Waals surface area contributed by atoms with E-state index in [0.717, 1.165) is 12.5 Å². The van der Waals surface area contributed by atoms with Gasteiger partial charge in [-0.15, -0.1) is 0 Å². The molecule has 1 aliphatic heterocycles. The van der Waals surface area contributed by atoms with E-state index in [9.17, 15) is 0 Å². The van der Waals surface area contributed by atoms with Crippen LogP contribution in [0.25, 0.3) is 0 Å². The second-order valence-corrected chi connectivity index (χ2v) is 5.54. The number of thiophene rings is 1. The quantitative estimate of drug-likeness (QED) is 0.794. The Morgan fingerprint density at radius 1 is 1.18 bits per heavy atom. The van der Waals surface area contributed by atoms with E-state index in [1.54, 1.807) is 0 Å². The summed E-state index contributed by atoms with van der Waals surface area (Å²) in [4.78, 5) is 2.57. The predicted molar refractivity (Wildman–Crippen MR) is 73.4 cm³/mol. The molecule has 3 rings (SSSR count). The van der Waals surface area contributed by atoms with Gasteiger partial charge >= 0.3 is 0 Å². The molecule has 0 bridgehead atoms. The SMILES string of the molecule is c1ccc(CN2CCC(c3ccsc3)C2)cc1. The van der Waals surface area contributed by atoms with Crippen LogP contribution in [-0.4, -0.2) is 18.0 Å². The van der Waals surface area contributed by atoms with Crippen LogP contribution in [0.2, 0.25) is 0 Å². The first-order valence-corrected chi connectivity index (χ1v) is 7.14. The first-order valence-electron chi connectivity index (χ1n) is 6.20. The molecule has 1 aliphatic rings. The summed E-state index contributed by atoms with van der Waals surface area (Å²) in [7, 11) is 0. The number of likely N-dealkylation sites (tertiary alicyclic amines) is 1. The molecule has 1 atom stereocenters. The van der Waals surface area contributed by atoms with Gasteiger partial charge in [-0.25, -0.2) is 0 Å². The molecule has 88 valence electrons. The van der Waals surface area contributed by atoms with Crippen molar-refractivity contribution in [3.8, 4) is 0 Å². The molecule has 2 heteroatoms. The van der Waals surface area contributed by atoms with Crippen LogP contribution < -0.4 is 0 Å². The summed E-state index contributed by atoms with van der Waals surface area (Å²) in [5.41, 5.74) is 2.96. The maximum atomic E-state index is 2.57. The van der Waals surface area contributed by atoms with Crippen LogP contribution in [0.15, 0.2) is 47.2 Å². The molecule has 0 aliphatic carbocycles. The molecular formula is C15H17NS. The molecule has 1 saturated heterocycles. The highest BCUT2D eigenvalue weighted by atomic mass is 32.1. The molecular weight excluding hydrogens is 226 g/mol. The van der Waals surface area contributed by atoms with E-state index in [1.165, 1.54) is 30.6 Å². The molecule has 0 spiro atoms. The van der Waals surface area contributed by atoms with Gasteiger partial charge in [0.15, 0.2) is 0 Å². The molecule has 1 nitrogen and oxygen atoms in total. The van der Waals surface area contributed by atoms with Crippen LogP contribution in [0.4, 0.5) is 0 Å². The van der Waals surface area contributed by atoms with E-state index in [-0.39, 0.29) is 0 Å². The largest absolute Gasteiger partial charge is 0.298 e. The van der Waals surface area contributed by atoms with Crippen molar-refractivity contribution >= 4 is 11.3 Å². The van der Waals surface area contributed by atoms with Gasteiger partial charge in [0.1, 0.15) is 0 Å². The Balaban J connectivity index is 1.61. The number of rotatable bonds is 3. The second-order valence-electron chi connectivity index (χ2n) is 4.76. The van der Waals surface area contributed by atoms with E-state index >= 15 is 0 Å². The van der Waals surface area contributed by atoms with Crippen LogP contribution >= 0.6 is 11.3 Å². The topological polar surface area (TPSA) is 3.24 Å². The van der Waals surface area contributed by atoms with Crippen LogP contribution in [0.5, 0.6) is 0 Å². The minimum Gasteiger partial charge on any atom is -0.298 e. The Morgan fingerprint density at radius 2 is 2.06 bits per heavy atom. The molecule has 1 aromatic carbocycles. The molecule has 0 saturated carbocycles. The summed E-state index contributed by atoms with van der Waals surface area (Å²) in [6, 6.07) is 13.1. The lowest BCUT2D eigenvalue weighted by Gasteiger charge is -2.15. The fraction of sp³-hybridized carbons (Fsp3) is 0.333. The number of nitrogens with zero attached hydrogens (tertiary/aromatic N) is 1. The molecule has 1 unspecified atom stereocenters. The van der Waals surface area contributed by atoms with Crippen LogP contribution in [0.3, 0.4) is 0 Å². The minimum atomic E-state index is 0.755. The van der Waals surface area contributed by atoms with Gasteiger partial charge in [-0.3, -0.25) is 4.90 Å². The highest BCUT2D eigenvalue weighted by Crippen LogP contribution is 2.29. The van der Waals surface area contributed by atoms with Crippen molar-refractivity contribution in [1.29, 1.82) is 0 Å². The van der Waals surface area contributed by atoms with Gasteiger partial charge < -0.3 is 0 Å². The van der Waals surface area contributed by atoms with Gasteiger partial charge in [0.25, 0.3) is 0 Å². The zero-order valence-electron chi connectivity index (χ0n) is 9.88. The Bertz CT molecular complexity index is 449. The summed E-state index contributed by atoms with van der Waals surface area (Å²) in [5, 5.41) is 4.49.